The second-order valence-corrected chi connectivity index (χ2v) is 11.4. The SMILES string of the molecule is CCN(CCO)CCCOc1ccc(-c2cccc(S(=O)(=O)CC)c2)c2c3c([nH]c12)=NCC(Cl)C=3. The summed E-state index contributed by atoms with van der Waals surface area (Å²) in [5.74, 6) is 0.766. The molecule has 1 atom stereocenters. The summed E-state index contributed by atoms with van der Waals surface area (Å²) in [5.41, 5.74) is 3.29. The molecular weight excluding hydrogens is 486 g/mol. The number of aromatic amines is 1. The van der Waals surface area contributed by atoms with Crippen LogP contribution in [0.1, 0.15) is 20.3 Å². The Morgan fingerprint density at radius 1 is 1.23 bits per heavy atom. The molecule has 1 aliphatic rings. The molecule has 0 radical (unpaired) electrons. The molecule has 0 amide bonds. The molecule has 2 heterocycles. The van der Waals surface area contributed by atoms with Gasteiger partial charge < -0.3 is 19.7 Å². The first-order chi connectivity index (χ1) is 16.9. The van der Waals surface area contributed by atoms with Gasteiger partial charge in [-0.05, 0) is 48.4 Å². The zero-order valence-electron chi connectivity index (χ0n) is 20.1. The minimum atomic E-state index is -3.33. The van der Waals surface area contributed by atoms with E-state index in [1.54, 1.807) is 25.1 Å². The van der Waals surface area contributed by atoms with Gasteiger partial charge in [0, 0.05) is 23.7 Å². The van der Waals surface area contributed by atoms with Crippen molar-refractivity contribution in [2.75, 3.05) is 45.1 Å². The largest absolute Gasteiger partial charge is 0.491 e. The van der Waals surface area contributed by atoms with E-state index in [4.69, 9.17) is 16.3 Å². The number of halogens is 1. The number of aliphatic hydroxyl groups excluding tert-OH is 1. The first kappa shape index (κ1) is 25.7. The molecule has 188 valence electrons. The van der Waals surface area contributed by atoms with Crippen molar-refractivity contribution >= 4 is 38.4 Å². The van der Waals surface area contributed by atoms with Crippen molar-refractivity contribution in [3.8, 4) is 16.9 Å². The van der Waals surface area contributed by atoms with Gasteiger partial charge in [0.05, 0.1) is 41.3 Å². The Balaban J connectivity index is 1.74. The molecule has 35 heavy (non-hydrogen) atoms. The predicted molar refractivity (Wildman–Crippen MR) is 141 cm³/mol. The summed E-state index contributed by atoms with van der Waals surface area (Å²) in [6, 6.07) is 10.9. The van der Waals surface area contributed by atoms with E-state index in [0.29, 0.717) is 24.6 Å². The van der Waals surface area contributed by atoms with Crippen LogP contribution in [-0.2, 0) is 9.84 Å². The number of sulfone groups is 1. The van der Waals surface area contributed by atoms with Crippen molar-refractivity contribution in [1.29, 1.82) is 0 Å². The fourth-order valence-electron chi connectivity index (χ4n) is 4.41. The van der Waals surface area contributed by atoms with Crippen molar-refractivity contribution in [1.82, 2.24) is 9.88 Å². The topological polar surface area (TPSA) is 95.0 Å². The van der Waals surface area contributed by atoms with E-state index < -0.39 is 9.84 Å². The molecule has 1 aromatic heterocycles. The van der Waals surface area contributed by atoms with Gasteiger partial charge in [-0.3, -0.25) is 4.99 Å². The molecule has 0 saturated heterocycles. The van der Waals surface area contributed by atoms with Crippen LogP contribution in [0.15, 0.2) is 46.3 Å². The van der Waals surface area contributed by atoms with Crippen LogP contribution in [-0.4, -0.2) is 73.9 Å². The van der Waals surface area contributed by atoms with E-state index in [-0.39, 0.29) is 17.7 Å². The van der Waals surface area contributed by atoms with Gasteiger partial charge in [-0.25, -0.2) is 8.42 Å². The lowest BCUT2D eigenvalue weighted by atomic mass is 9.99. The van der Waals surface area contributed by atoms with E-state index in [1.807, 2.05) is 24.3 Å². The lowest BCUT2D eigenvalue weighted by Crippen LogP contribution is -2.30. The molecule has 0 aliphatic carbocycles. The molecule has 2 aromatic carbocycles. The first-order valence-electron chi connectivity index (χ1n) is 12.0. The number of ether oxygens (including phenoxy) is 1. The fourth-order valence-corrected chi connectivity index (χ4v) is 5.54. The third kappa shape index (κ3) is 5.56. The number of nitrogens with zero attached hydrogens (tertiary/aromatic N) is 2. The van der Waals surface area contributed by atoms with Crippen LogP contribution >= 0.6 is 11.6 Å². The number of hydrogen-bond acceptors (Lipinski definition) is 6. The van der Waals surface area contributed by atoms with Crippen LogP contribution in [0.4, 0.5) is 0 Å². The van der Waals surface area contributed by atoms with Crippen molar-refractivity contribution in [2.45, 2.75) is 30.5 Å². The highest BCUT2D eigenvalue weighted by molar-refractivity contribution is 7.91. The zero-order chi connectivity index (χ0) is 25.0. The number of alkyl halides is 1. The van der Waals surface area contributed by atoms with Gasteiger partial charge in [0.2, 0.25) is 0 Å². The van der Waals surface area contributed by atoms with Gasteiger partial charge in [0.15, 0.2) is 9.84 Å². The van der Waals surface area contributed by atoms with Gasteiger partial charge in [0.1, 0.15) is 11.2 Å². The summed E-state index contributed by atoms with van der Waals surface area (Å²) in [7, 11) is -3.33. The number of likely N-dealkylation sites (N-methyl/N-ethyl adjacent to an activating group) is 1. The maximum absolute atomic E-state index is 12.5. The average Bonchev–Trinajstić information content (AvgIpc) is 3.25. The van der Waals surface area contributed by atoms with Crippen molar-refractivity contribution < 1.29 is 18.3 Å². The standard InChI is InChI=1S/C26H32ClN3O4S/c1-3-30(12-13-31)11-6-14-34-23-10-9-21(18-7-5-8-20(15-18)35(32,33)4-2)24-22-16-19(27)17-28-26(22)29-25(23)24/h5,7-10,15-16,19,31H,3-4,6,11-14,17H2,1-2H3,(H,28,29). The second-order valence-electron chi connectivity index (χ2n) is 8.56. The maximum Gasteiger partial charge on any atom is 0.178 e. The Morgan fingerprint density at radius 2 is 2.06 bits per heavy atom. The van der Waals surface area contributed by atoms with Crippen molar-refractivity contribution in [2.24, 2.45) is 4.99 Å². The van der Waals surface area contributed by atoms with E-state index in [2.05, 4.69) is 21.8 Å². The molecule has 0 saturated carbocycles. The normalized spacial score (nSPS) is 15.6. The number of aromatic nitrogens is 1. The second kappa shape index (κ2) is 11.1. The summed E-state index contributed by atoms with van der Waals surface area (Å²) in [4.78, 5) is 10.5. The number of nitrogens with one attached hydrogen (secondary N) is 1. The molecule has 2 N–H and O–H groups in total. The Hall–Kier alpha value is -2.39. The number of benzene rings is 2. The van der Waals surface area contributed by atoms with Crippen LogP contribution in [0, 0.1) is 0 Å². The summed E-state index contributed by atoms with van der Waals surface area (Å²) >= 11 is 6.42. The van der Waals surface area contributed by atoms with E-state index >= 15 is 0 Å². The van der Waals surface area contributed by atoms with Crippen LogP contribution in [0.25, 0.3) is 28.1 Å². The molecule has 9 heteroatoms. The van der Waals surface area contributed by atoms with Crippen LogP contribution in [0.2, 0.25) is 0 Å². The number of H-pyrrole nitrogens is 1. The Morgan fingerprint density at radius 3 is 2.80 bits per heavy atom. The molecule has 7 nitrogen and oxygen atoms in total. The highest BCUT2D eigenvalue weighted by atomic mass is 35.5. The van der Waals surface area contributed by atoms with Crippen LogP contribution < -0.4 is 15.4 Å². The third-order valence-corrected chi connectivity index (χ3v) is 8.33. The summed E-state index contributed by atoms with van der Waals surface area (Å²) in [5, 5.41) is 10.8. The minimum absolute atomic E-state index is 0.0482. The van der Waals surface area contributed by atoms with E-state index in [9.17, 15) is 13.5 Å². The molecule has 1 aliphatic heterocycles. The Labute approximate surface area is 211 Å². The van der Waals surface area contributed by atoms with Gasteiger partial charge >= 0.3 is 0 Å². The van der Waals surface area contributed by atoms with Crippen LogP contribution in [0.3, 0.4) is 0 Å². The maximum atomic E-state index is 12.5. The number of aliphatic hydroxyl groups is 1. The summed E-state index contributed by atoms with van der Waals surface area (Å²) < 4.78 is 31.2. The van der Waals surface area contributed by atoms with Gasteiger partial charge in [-0.2, -0.15) is 0 Å². The number of hydrogen-bond donors (Lipinski definition) is 2. The monoisotopic (exact) mass is 517 g/mol. The van der Waals surface area contributed by atoms with Crippen molar-refractivity contribution in [3.05, 3.63) is 47.1 Å². The minimum Gasteiger partial charge on any atom is -0.491 e. The van der Waals surface area contributed by atoms with E-state index in [0.717, 1.165) is 58.0 Å². The highest BCUT2D eigenvalue weighted by Gasteiger charge is 2.19. The summed E-state index contributed by atoms with van der Waals surface area (Å²) in [6.07, 6.45) is 2.82. The lowest BCUT2D eigenvalue weighted by molar-refractivity contribution is 0.189. The van der Waals surface area contributed by atoms with E-state index in [1.165, 1.54) is 0 Å². The Kier molecular flexibility index (Phi) is 8.16. The zero-order valence-corrected chi connectivity index (χ0v) is 21.7. The molecule has 1 unspecified atom stereocenters. The number of fused-ring (bicyclic) bond motifs is 3. The Bertz CT molecular complexity index is 1420. The summed E-state index contributed by atoms with van der Waals surface area (Å²) in [6.45, 7) is 7.28. The number of rotatable bonds is 11. The molecule has 3 aromatic rings. The van der Waals surface area contributed by atoms with Gasteiger partial charge in [-0.15, -0.1) is 11.6 Å². The molecule has 0 spiro atoms. The lowest BCUT2D eigenvalue weighted by Gasteiger charge is -2.19. The van der Waals surface area contributed by atoms with Gasteiger partial charge in [-0.1, -0.05) is 32.1 Å². The molecule has 0 bridgehead atoms. The average molecular weight is 518 g/mol. The predicted octanol–water partition coefficient (Wildman–Crippen LogP) is 2.73. The highest BCUT2D eigenvalue weighted by Crippen LogP contribution is 2.33. The molecule has 0 fully saturated rings. The molecular formula is C26H32ClN3O4S. The van der Waals surface area contributed by atoms with Gasteiger partial charge in [0.25, 0.3) is 0 Å². The quantitative estimate of drug-likeness (QED) is 0.301. The first-order valence-corrected chi connectivity index (χ1v) is 14.1. The smallest absolute Gasteiger partial charge is 0.178 e. The van der Waals surface area contributed by atoms with Crippen molar-refractivity contribution in [3.63, 3.8) is 0 Å². The fraction of sp³-hybridized carbons (Fsp3) is 0.423. The van der Waals surface area contributed by atoms with Crippen LogP contribution in [0.5, 0.6) is 5.75 Å². The third-order valence-electron chi connectivity index (χ3n) is 6.33. The molecule has 4 rings (SSSR count).